The van der Waals surface area contributed by atoms with Gasteiger partial charge in [0.05, 0.1) is 16.6 Å². The molecule has 1 N–H and O–H groups in total. The first-order chi connectivity index (χ1) is 14.5. The van der Waals surface area contributed by atoms with Gasteiger partial charge in [-0.25, -0.2) is 4.98 Å². The third kappa shape index (κ3) is 4.37. The Morgan fingerprint density at radius 3 is 2.90 bits per heavy atom. The third-order valence-corrected chi connectivity index (χ3v) is 6.32. The predicted octanol–water partition coefficient (Wildman–Crippen LogP) is 5.89. The number of halogens is 1. The zero-order chi connectivity index (χ0) is 21.1. The molecule has 0 radical (unpaired) electrons. The molecular weight excluding hydrogens is 414 g/mol. The van der Waals surface area contributed by atoms with Crippen LogP contribution in [0.5, 0.6) is 0 Å². The standard InChI is InChI=1S/C24H22ClN3OS/c1-3-27-22(29)13-23-28-21-11-17(16-7-5-9-26-14-16)10-20(24(21)30-23)19-12-18(25)8-4-6-15(19)2/h5-12,14H,3-4,13H2,1-2H3,(H,27,29). The third-order valence-electron chi connectivity index (χ3n) is 4.95. The van der Waals surface area contributed by atoms with Gasteiger partial charge in [-0.1, -0.05) is 29.8 Å². The monoisotopic (exact) mass is 435 g/mol. The van der Waals surface area contributed by atoms with Crippen LogP contribution in [0.25, 0.3) is 26.9 Å². The van der Waals surface area contributed by atoms with Gasteiger partial charge in [-0.15, -0.1) is 11.3 Å². The topological polar surface area (TPSA) is 54.9 Å². The lowest BCUT2D eigenvalue weighted by Gasteiger charge is -2.12. The van der Waals surface area contributed by atoms with E-state index in [0.717, 1.165) is 48.9 Å². The van der Waals surface area contributed by atoms with E-state index in [1.54, 1.807) is 17.5 Å². The minimum absolute atomic E-state index is 0.0127. The van der Waals surface area contributed by atoms with E-state index in [4.69, 9.17) is 16.6 Å². The molecule has 4 nitrogen and oxygen atoms in total. The second-order valence-corrected chi connectivity index (χ2v) is 8.64. The maximum Gasteiger partial charge on any atom is 0.226 e. The van der Waals surface area contributed by atoms with Crippen LogP contribution < -0.4 is 5.32 Å². The summed E-state index contributed by atoms with van der Waals surface area (Å²) in [7, 11) is 0. The van der Waals surface area contributed by atoms with Crippen molar-refractivity contribution in [2.24, 2.45) is 0 Å². The summed E-state index contributed by atoms with van der Waals surface area (Å²) in [5, 5.41) is 4.38. The van der Waals surface area contributed by atoms with Gasteiger partial charge in [0.15, 0.2) is 0 Å². The van der Waals surface area contributed by atoms with Crippen molar-refractivity contribution in [1.29, 1.82) is 0 Å². The zero-order valence-electron chi connectivity index (χ0n) is 16.9. The largest absolute Gasteiger partial charge is 0.356 e. The molecule has 1 aliphatic carbocycles. The second-order valence-electron chi connectivity index (χ2n) is 7.12. The predicted molar refractivity (Wildman–Crippen MR) is 126 cm³/mol. The van der Waals surface area contributed by atoms with E-state index in [9.17, 15) is 4.79 Å². The van der Waals surface area contributed by atoms with Crippen molar-refractivity contribution in [2.45, 2.75) is 26.7 Å². The maximum absolute atomic E-state index is 12.1. The summed E-state index contributed by atoms with van der Waals surface area (Å²) in [6, 6.07) is 8.21. The summed E-state index contributed by atoms with van der Waals surface area (Å²) < 4.78 is 1.06. The van der Waals surface area contributed by atoms with Gasteiger partial charge in [0, 0.05) is 35.1 Å². The molecule has 0 fully saturated rings. The number of carbonyl (C=O) groups is 1. The van der Waals surface area contributed by atoms with Crippen LogP contribution in [0.15, 0.2) is 65.5 Å². The van der Waals surface area contributed by atoms with E-state index < -0.39 is 0 Å². The Balaban J connectivity index is 1.91. The van der Waals surface area contributed by atoms with Crippen molar-refractivity contribution in [1.82, 2.24) is 15.3 Å². The first kappa shape index (κ1) is 20.5. The molecule has 0 aliphatic heterocycles. The molecule has 1 aliphatic rings. The van der Waals surface area contributed by atoms with Crippen molar-refractivity contribution in [3.8, 4) is 11.1 Å². The summed E-state index contributed by atoms with van der Waals surface area (Å²) in [4.78, 5) is 21.2. The van der Waals surface area contributed by atoms with E-state index in [-0.39, 0.29) is 12.3 Å². The highest BCUT2D eigenvalue weighted by Gasteiger charge is 2.17. The number of nitrogens with zero attached hydrogens (tertiary/aromatic N) is 2. The first-order valence-electron chi connectivity index (χ1n) is 9.90. The molecule has 0 atom stereocenters. The summed E-state index contributed by atoms with van der Waals surface area (Å²) in [6.07, 6.45) is 10.9. The molecule has 1 aromatic carbocycles. The number of pyridine rings is 1. The van der Waals surface area contributed by atoms with Crippen molar-refractivity contribution in [2.75, 3.05) is 6.54 Å². The van der Waals surface area contributed by atoms with Crippen LogP contribution in [0.2, 0.25) is 0 Å². The number of carbonyl (C=O) groups excluding carboxylic acids is 1. The molecule has 0 spiro atoms. The van der Waals surface area contributed by atoms with E-state index in [0.29, 0.717) is 6.54 Å². The molecule has 2 heterocycles. The van der Waals surface area contributed by atoms with Crippen LogP contribution in [0.3, 0.4) is 0 Å². The number of hydrogen-bond donors (Lipinski definition) is 1. The minimum atomic E-state index is -0.0127. The summed E-state index contributed by atoms with van der Waals surface area (Å²) in [6.45, 7) is 4.63. The number of nitrogens with one attached hydrogen (secondary N) is 1. The average Bonchev–Trinajstić information content (AvgIpc) is 3.06. The molecule has 4 rings (SSSR count). The van der Waals surface area contributed by atoms with Crippen molar-refractivity contribution in [3.05, 3.63) is 76.1 Å². The molecule has 2 aromatic heterocycles. The van der Waals surface area contributed by atoms with E-state index in [2.05, 4.69) is 35.4 Å². The smallest absolute Gasteiger partial charge is 0.226 e. The van der Waals surface area contributed by atoms with Gasteiger partial charge in [-0.3, -0.25) is 9.78 Å². The highest BCUT2D eigenvalue weighted by atomic mass is 35.5. The molecule has 152 valence electrons. The Labute approximate surface area is 185 Å². The summed E-state index contributed by atoms with van der Waals surface area (Å²) >= 11 is 7.99. The Hall–Kier alpha value is -2.76. The Bertz CT molecular complexity index is 1190. The lowest BCUT2D eigenvalue weighted by molar-refractivity contribution is -0.120. The van der Waals surface area contributed by atoms with Gasteiger partial charge >= 0.3 is 0 Å². The fourth-order valence-corrected chi connectivity index (χ4v) is 4.78. The Morgan fingerprint density at radius 1 is 1.27 bits per heavy atom. The molecular formula is C24H22ClN3OS. The number of thiazole rings is 1. The molecule has 1 amide bonds. The number of likely N-dealkylation sites (N-methyl/N-ethyl adjacent to an activating group) is 1. The Kier molecular flexibility index (Phi) is 6.11. The van der Waals surface area contributed by atoms with Gasteiger partial charge < -0.3 is 5.32 Å². The van der Waals surface area contributed by atoms with Crippen LogP contribution in [0, 0.1) is 0 Å². The SMILES string of the molecule is CCNC(=O)Cc1nc2cc(-c3cccnc3)cc(C3=CC(Cl)=CCC=C3C)c2s1. The first-order valence-corrected chi connectivity index (χ1v) is 11.1. The fraction of sp³-hybridized carbons (Fsp3) is 0.208. The number of rotatable bonds is 5. The number of hydrogen-bond acceptors (Lipinski definition) is 4. The molecule has 0 saturated carbocycles. The zero-order valence-corrected chi connectivity index (χ0v) is 18.5. The number of fused-ring (bicyclic) bond motifs is 1. The van der Waals surface area contributed by atoms with E-state index >= 15 is 0 Å². The summed E-state index contributed by atoms with van der Waals surface area (Å²) in [5.74, 6) is -0.0127. The van der Waals surface area contributed by atoms with E-state index in [1.165, 1.54) is 5.57 Å². The molecule has 30 heavy (non-hydrogen) atoms. The van der Waals surface area contributed by atoms with Crippen molar-refractivity contribution >= 4 is 44.6 Å². The van der Waals surface area contributed by atoms with E-state index in [1.807, 2.05) is 37.4 Å². The summed E-state index contributed by atoms with van der Waals surface area (Å²) in [5.41, 5.74) is 6.28. The van der Waals surface area contributed by atoms with Crippen LogP contribution in [0.1, 0.15) is 30.8 Å². The minimum Gasteiger partial charge on any atom is -0.356 e. The number of allylic oxidation sites excluding steroid dienone is 6. The van der Waals surface area contributed by atoms with Crippen LogP contribution in [-0.4, -0.2) is 22.4 Å². The van der Waals surface area contributed by atoms with Crippen LogP contribution in [-0.2, 0) is 11.2 Å². The normalized spacial score (nSPS) is 14.0. The van der Waals surface area contributed by atoms with Gasteiger partial charge in [-0.05, 0) is 61.3 Å². The highest BCUT2D eigenvalue weighted by Crippen LogP contribution is 2.39. The number of amides is 1. The fourth-order valence-electron chi connectivity index (χ4n) is 3.51. The molecule has 0 unspecified atom stereocenters. The van der Waals surface area contributed by atoms with Gasteiger partial charge in [0.2, 0.25) is 5.91 Å². The van der Waals surface area contributed by atoms with Crippen molar-refractivity contribution in [3.63, 3.8) is 0 Å². The van der Waals surface area contributed by atoms with Gasteiger partial charge in [0.1, 0.15) is 5.01 Å². The second kappa shape index (κ2) is 8.94. The molecule has 0 bridgehead atoms. The lowest BCUT2D eigenvalue weighted by Crippen LogP contribution is -2.24. The quantitative estimate of drug-likeness (QED) is 0.543. The van der Waals surface area contributed by atoms with Crippen molar-refractivity contribution < 1.29 is 4.79 Å². The number of aromatic nitrogens is 2. The van der Waals surface area contributed by atoms with Crippen LogP contribution in [0.4, 0.5) is 0 Å². The number of benzene rings is 1. The van der Waals surface area contributed by atoms with Gasteiger partial charge in [-0.2, -0.15) is 0 Å². The van der Waals surface area contributed by atoms with Gasteiger partial charge in [0.25, 0.3) is 0 Å². The molecule has 3 aromatic rings. The van der Waals surface area contributed by atoms with Crippen LogP contribution >= 0.6 is 22.9 Å². The molecule has 0 saturated heterocycles. The maximum atomic E-state index is 12.1. The Morgan fingerprint density at radius 2 is 2.13 bits per heavy atom. The average molecular weight is 436 g/mol. The molecule has 6 heteroatoms. The lowest BCUT2D eigenvalue weighted by atomic mass is 9.94. The highest BCUT2D eigenvalue weighted by molar-refractivity contribution is 7.19.